The number of hydrogen-bond acceptors (Lipinski definition) is 4. The van der Waals surface area contributed by atoms with Gasteiger partial charge in [0.2, 0.25) is 0 Å². The molecule has 0 bridgehead atoms. The third kappa shape index (κ3) is 55.3. The molecule has 4 heteroatoms. The molecule has 0 N–H and O–H groups in total. The Labute approximate surface area is 441 Å². The second kappa shape index (κ2) is 47.4. The van der Waals surface area contributed by atoms with Gasteiger partial charge < -0.3 is 0 Å². The summed E-state index contributed by atoms with van der Waals surface area (Å²) in [6, 6.07) is 42.2. The molecule has 0 fully saturated rings. The van der Waals surface area contributed by atoms with Crippen molar-refractivity contribution in [1.82, 2.24) is 0 Å². The van der Waals surface area contributed by atoms with Gasteiger partial charge in [-0.2, -0.15) is 11.3 Å². The first-order chi connectivity index (χ1) is 31.9. The Hall–Kier alpha value is -3.28. The molecule has 0 radical (unpaired) electrons. The fraction of sp³-hybridized carbons (Fsp3) is 0.500. The zero-order valence-corrected chi connectivity index (χ0v) is 52.8. The van der Waals surface area contributed by atoms with Gasteiger partial charge >= 0.3 is 0 Å². The van der Waals surface area contributed by atoms with Crippen LogP contribution in [0.2, 0.25) is 0 Å². The van der Waals surface area contributed by atoms with Crippen molar-refractivity contribution in [2.24, 2.45) is 21.7 Å². The topological polar surface area (TPSA) is 0 Å². The van der Waals surface area contributed by atoms with Crippen LogP contribution in [0.25, 0.3) is 40.3 Å². The quantitative estimate of drug-likeness (QED) is 0.142. The van der Waals surface area contributed by atoms with Crippen LogP contribution >= 0.6 is 45.3 Å². The number of rotatable bonds is 0. The fourth-order valence-electron chi connectivity index (χ4n) is 3.71. The van der Waals surface area contributed by atoms with Gasteiger partial charge in [0, 0.05) is 29.6 Å². The van der Waals surface area contributed by atoms with Crippen LogP contribution < -0.4 is 0 Å². The zero-order valence-electron chi connectivity index (χ0n) is 49.5. The molecule has 0 nitrogen and oxygen atoms in total. The van der Waals surface area contributed by atoms with Crippen LogP contribution in [0.1, 0.15) is 194 Å². The highest BCUT2D eigenvalue weighted by atomic mass is 32.1. The van der Waals surface area contributed by atoms with E-state index in [1.165, 1.54) is 40.3 Å². The number of thiophene rings is 4. The normalized spacial score (nSPS) is 9.47. The summed E-state index contributed by atoms with van der Waals surface area (Å²) >= 11 is 7.15. The molecule has 8 aromatic rings. The van der Waals surface area contributed by atoms with E-state index in [0.717, 1.165) is 0 Å². The first-order valence-corrected chi connectivity index (χ1v) is 29.1. The summed E-state index contributed by atoms with van der Waals surface area (Å²) in [5.41, 5.74) is 2.00. The summed E-state index contributed by atoms with van der Waals surface area (Å²) < 4.78 is 5.50. The van der Waals surface area contributed by atoms with Crippen LogP contribution in [0.4, 0.5) is 0 Å². The smallest absolute Gasteiger partial charge is 0.0355 e. The van der Waals surface area contributed by atoms with E-state index in [1.807, 2.05) is 117 Å². The maximum atomic E-state index is 2.19. The van der Waals surface area contributed by atoms with E-state index in [9.17, 15) is 0 Å². The average Bonchev–Trinajstić information content (AvgIpc) is 4.15. The van der Waals surface area contributed by atoms with Crippen molar-refractivity contribution in [3.05, 3.63) is 143 Å². The van der Waals surface area contributed by atoms with E-state index in [-0.39, 0.29) is 0 Å². The van der Waals surface area contributed by atoms with Gasteiger partial charge in [-0.1, -0.05) is 279 Å². The predicted molar refractivity (Wildman–Crippen MR) is 336 cm³/mol. The van der Waals surface area contributed by atoms with Gasteiger partial charge in [0.05, 0.1) is 0 Å². The fourth-order valence-corrected chi connectivity index (χ4v) is 6.85. The van der Waals surface area contributed by atoms with E-state index in [4.69, 9.17) is 0 Å². The minimum absolute atomic E-state index is 0.500. The second-order valence-corrected chi connectivity index (χ2v) is 23.6. The average molecular weight is 1010 g/mol. The maximum absolute atomic E-state index is 2.19. The van der Waals surface area contributed by atoms with Crippen molar-refractivity contribution < 1.29 is 0 Å². The van der Waals surface area contributed by atoms with E-state index >= 15 is 0 Å². The van der Waals surface area contributed by atoms with Gasteiger partial charge in [0.25, 0.3) is 0 Å². The second-order valence-electron chi connectivity index (χ2n) is 19.8. The predicted octanol–water partition coefficient (Wildman–Crippen LogP) is 26.0. The highest BCUT2D eigenvalue weighted by Gasteiger charge is 2.01. The van der Waals surface area contributed by atoms with Gasteiger partial charge in [-0.05, 0) is 90.4 Å². The van der Waals surface area contributed by atoms with Crippen LogP contribution in [0.5, 0.6) is 0 Å². The van der Waals surface area contributed by atoms with Crippen molar-refractivity contribution >= 4 is 85.7 Å². The molecule has 4 aromatic heterocycles. The molecule has 4 aromatic carbocycles. The van der Waals surface area contributed by atoms with E-state index < -0.39 is 0 Å². The Bertz CT molecular complexity index is 1860. The molecule has 4 heterocycles. The SMILES string of the molecule is CC.CC.CC.CC.CC.CC.CC(C)(C)C.CC(C)(C)C.CC(C)(C)C.CC(C)(C)C.c1ccc2c(c1)sc1ccccc12.c1ccc2sccc2c1.c1ccc2sccc2c1.c1ccsc1. The third-order valence-corrected chi connectivity index (χ3v) is 9.01. The Morgan fingerprint density at radius 2 is 0.471 bits per heavy atom. The lowest BCUT2D eigenvalue weighted by atomic mass is 10.0. The molecule has 0 aliphatic carbocycles. The minimum Gasteiger partial charge on any atom is -0.152 e. The summed E-state index contributed by atoms with van der Waals surface area (Å²) in [5.74, 6) is 0. The van der Waals surface area contributed by atoms with Gasteiger partial charge in [-0.15, -0.1) is 34.0 Å². The monoisotopic (exact) mass is 1000 g/mol. The summed E-state index contributed by atoms with van der Waals surface area (Å²) in [5, 5.41) is 13.8. The molecule has 0 saturated heterocycles. The molecular formula is C64H108S4. The van der Waals surface area contributed by atoms with Gasteiger partial charge in [-0.3, -0.25) is 0 Å². The Kier molecular flexibility index (Phi) is 53.1. The number of hydrogen-bond donors (Lipinski definition) is 0. The minimum atomic E-state index is 0.500. The highest BCUT2D eigenvalue weighted by Crippen LogP contribution is 2.33. The molecular weight excluding hydrogens is 897 g/mol. The molecule has 0 amide bonds. The lowest BCUT2D eigenvalue weighted by Gasteiger charge is -2.05. The van der Waals surface area contributed by atoms with Crippen LogP contribution in [-0.2, 0) is 0 Å². The van der Waals surface area contributed by atoms with E-state index in [0.29, 0.717) is 21.7 Å². The lowest BCUT2D eigenvalue weighted by molar-refractivity contribution is 0.469. The Balaban J connectivity index is -0.000000161. The highest BCUT2D eigenvalue weighted by molar-refractivity contribution is 7.25. The lowest BCUT2D eigenvalue weighted by Crippen LogP contribution is -1.93. The van der Waals surface area contributed by atoms with Crippen molar-refractivity contribution in [2.75, 3.05) is 0 Å². The van der Waals surface area contributed by atoms with Gasteiger partial charge in [0.1, 0.15) is 0 Å². The van der Waals surface area contributed by atoms with Crippen LogP contribution in [0.15, 0.2) is 143 Å². The zero-order chi connectivity index (χ0) is 54.4. The molecule has 388 valence electrons. The number of fused-ring (bicyclic) bond motifs is 5. The molecule has 0 atom stereocenters. The first kappa shape index (κ1) is 76.2. The summed E-state index contributed by atoms with van der Waals surface area (Å²) in [6.07, 6.45) is 0. The van der Waals surface area contributed by atoms with Crippen LogP contribution in [-0.4, -0.2) is 0 Å². The van der Waals surface area contributed by atoms with E-state index in [2.05, 4.69) is 231 Å². The third-order valence-electron chi connectivity index (χ3n) is 5.43. The van der Waals surface area contributed by atoms with E-state index in [1.54, 1.807) is 34.0 Å². The molecule has 0 aliphatic rings. The van der Waals surface area contributed by atoms with Crippen LogP contribution in [0.3, 0.4) is 0 Å². The van der Waals surface area contributed by atoms with Crippen LogP contribution in [0, 0.1) is 21.7 Å². The molecule has 8 rings (SSSR count). The summed E-state index contributed by atoms with van der Waals surface area (Å²) in [7, 11) is 0. The molecule has 0 unspecified atom stereocenters. The number of benzene rings is 4. The Morgan fingerprint density at radius 3 is 0.691 bits per heavy atom. The summed E-state index contributed by atoms with van der Waals surface area (Å²) in [4.78, 5) is 0. The van der Waals surface area contributed by atoms with Crippen molar-refractivity contribution in [3.8, 4) is 0 Å². The summed E-state index contributed by atoms with van der Waals surface area (Å²) in [6.45, 7) is 59.0. The Morgan fingerprint density at radius 1 is 0.250 bits per heavy atom. The molecule has 68 heavy (non-hydrogen) atoms. The van der Waals surface area contributed by atoms with Crippen molar-refractivity contribution in [2.45, 2.75) is 194 Å². The van der Waals surface area contributed by atoms with Gasteiger partial charge in [0.15, 0.2) is 0 Å². The maximum Gasteiger partial charge on any atom is 0.0355 e. The molecule has 0 spiro atoms. The largest absolute Gasteiger partial charge is 0.152 e. The first-order valence-electron chi connectivity index (χ1n) is 25.6. The van der Waals surface area contributed by atoms with Crippen molar-refractivity contribution in [1.29, 1.82) is 0 Å². The van der Waals surface area contributed by atoms with Gasteiger partial charge in [-0.25, -0.2) is 0 Å². The molecule has 0 saturated carbocycles. The van der Waals surface area contributed by atoms with Crippen molar-refractivity contribution in [3.63, 3.8) is 0 Å². The molecule has 0 aliphatic heterocycles. The standard InChI is InChI=1S/C12H8S.2C8H6S.4C5H12.C4H4S.6C2H6/c1-3-7-11-9(5-1)10-6-2-4-8-12(10)13-11;2*1-2-4-8-7(3-1)5-6-9-8;4*1-5(2,3)4;1-2-4-5-3-1;6*1-2/h1-8H;2*1-6H;4*1-4H3;1-4H;6*1-2H3.